The minimum atomic E-state index is 0.432. The van der Waals surface area contributed by atoms with Crippen molar-refractivity contribution in [3.05, 3.63) is 54.7 Å². The predicted octanol–water partition coefficient (Wildman–Crippen LogP) is 5.43. The fourth-order valence-electron chi connectivity index (χ4n) is 3.60. The molecule has 0 unspecified atom stereocenters. The monoisotopic (exact) mass is 389 g/mol. The summed E-state index contributed by atoms with van der Waals surface area (Å²) in [6.07, 6.45) is 7.95. The SMILES string of the molecule is CCOc1ccc(Nc2cc(-c3ccccn3)nc(NC3CCCCC3)n2)cc1. The molecule has 1 aromatic carbocycles. The first-order valence-electron chi connectivity index (χ1n) is 10.4. The van der Waals surface area contributed by atoms with Crippen LogP contribution in [0.5, 0.6) is 5.75 Å². The van der Waals surface area contributed by atoms with Crippen LogP contribution < -0.4 is 15.4 Å². The molecule has 1 saturated carbocycles. The molecule has 4 rings (SSSR count). The van der Waals surface area contributed by atoms with Gasteiger partial charge in [-0.15, -0.1) is 0 Å². The number of anilines is 3. The Morgan fingerprint density at radius 3 is 2.52 bits per heavy atom. The zero-order valence-electron chi connectivity index (χ0n) is 16.8. The highest BCUT2D eigenvalue weighted by Crippen LogP contribution is 2.26. The van der Waals surface area contributed by atoms with Gasteiger partial charge in [-0.2, -0.15) is 4.98 Å². The number of nitrogens with one attached hydrogen (secondary N) is 2. The number of rotatable bonds is 7. The molecule has 0 aliphatic heterocycles. The van der Waals surface area contributed by atoms with E-state index in [1.165, 1.54) is 32.1 Å². The van der Waals surface area contributed by atoms with E-state index < -0.39 is 0 Å². The quantitative estimate of drug-likeness (QED) is 0.562. The van der Waals surface area contributed by atoms with Crippen molar-refractivity contribution in [1.29, 1.82) is 0 Å². The summed E-state index contributed by atoms with van der Waals surface area (Å²) >= 11 is 0. The number of nitrogens with zero attached hydrogens (tertiary/aromatic N) is 3. The van der Waals surface area contributed by atoms with Gasteiger partial charge in [-0.3, -0.25) is 4.98 Å². The van der Waals surface area contributed by atoms with E-state index in [1.54, 1.807) is 6.20 Å². The van der Waals surface area contributed by atoms with Gasteiger partial charge >= 0.3 is 0 Å². The molecule has 29 heavy (non-hydrogen) atoms. The highest BCUT2D eigenvalue weighted by atomic mass is 16.5. The lowest BCUT2D eigenvalue weighted by Crippen LogP contribution is -2.23. The molecule has 1 aliphatic carbocycles. The van der Waals surface area contributed by atoms with Crippen molar-refractivity contribution in [3.63, 3.8) is 0 Å². The Labute approximate surface area is 171 Å². The molecule has 150 valence electrons. The van der Waals surface area contributed by atoms with Gasteiger partial charge in [0.05, 0.1) is 18.0 Å². The van der Waals surface area contributed by atoms with E-state index in [0.717, 1.165) is 28.6 Å². The van der Waals surface area contributed by atoms with Crippen molar-refractivity contribution >= 4 is 17.5 Å². The largest absolute Gasteiger partial charge is 0.494 e. The average Bonchev–Trinajstić information content (AvgIpc) is 2.76. The maximum Gasteiger partial charge on any atom is 0.225 e. The molecular formula is C23H27N5O. The molecule has 1 fully saturated rings. The summed E-state index contributed by atoms with van der Waals surface area (Å²) in [5.74, 6) is 2.24. The van der Waals surface area contributed by atoms with Crippen molar-refractivity contribution in [1.82, 2.24) is 15.0 Å². The Morgan fingerprint density at radius 2 is 1.79 bits per heavy atom. The van der Waals surface area contributed by atoms with E-state index in [1.807, 2.05) is 55.5 Å². The van der Waals surface area contributed by atoms with Gasteiger partial charge in [-0.1, -0.05) is 25.3 Å². The summed E-state index contributed by atoms with van der Waals surface area (Å²) in [4.78, 5) is 13.9. The number of ether oxygens (including phenoxy) is 1. The van der Waals surface area contributed by atoms with Crippen LogP contribution >= 0.6 is 0 Å². The van der Waals surface area contributed by atoms with E-state index in [2.05, 4.69) is 15.6 Å². The van der Waals surface area contributed by atoms with Crippen LogP contribution in [0.25, 0.3) is 11.4 Å². The normalized spacial score (nSPS) is 14.4. The van der Waals surface area contributed by atoms with Gasteiger partial charge in [0.1, 0.15) is 11.6 Å². The van der Waals surface area contributed by atoms with Gasteiger partial charge < -0.3 is 15.4 Å². The average molecular weight is 390 g/mol. The molecule has 0 amide bonds. The smallest absolute Gasteiger partial charge is 0.225 e. The highest BCUT2D eigenvalue weighted by Gasteiger charge is 2.16. The lowest BCUT2D eigenvalue weighted by molar-refractivity contribution is 0.340. The molecule has 2 N–H and O–H groups in total. The number of hydrogen-bond donors (Lipinski definition) is 2. The second-order valence-electron chi connectivity index (χ2n) is 7.24. The minimum Gasteiger partial charge on any atom is -0.494 e. The summed E-state index contributed by atoms with van der Waals surface area (Å²) in [6, 6.07) is 16.1. The van der Waals surface area contributed by atoms with Gasteiger partial charge in [0, 0.05) is 24.0 Å². The molecule has 1 aliphatic rings. The molecule has 6 heteroatoms. The van der Waals surface area contributed by atoms with Crippen LogP contribution in [0.4, 0.5) is 17.5 Å². The second kappa shape index (κ2) is 9.37. The van der Waals surface area contributed by atoms with E-state index in [4.69, 9.17) is 14.7 Å². The number of benzene rings is 1. The fourth-order valence-corrected chi connectivity index (χ4v) is 3.60. The summed E-state index contributed by atoms with van der Waals surface area (Å²) in [7, 11) is 0. The molecule has 0 spiro atoms. The van der Waals surface area contributed by atoms with Gasteiger partial charge in [0.2, 0.25) is 5.95 Å². The zero-order chi connectivity index (χ0) is 19.9. The summed E-state index contributed by atoms with van der Waals surface area (Å²) in [5.41, 5.74) is 2.58. The van der Waals surface area contributed by atoms with Crippen LogP contribution in [0.3, 0.4) is 0 Å². The van der Waals surface area contributed by atoms with E-state index in [-0.39, 0.29) is 0 Å². The van der Waals surface area contributed by atoms with Crippen LogP contribution in [0.2, 0.25) is 0 Å². The van der Waals surface area contributed by atoms with E-state index >= 15 is 0 Å². The Morgan fingerprint density at radius 1 is 0.966 bits per heavy atom. The van der Waals surface area contributed by atoms with Crippen LogP contribution in [-0.4, -0.2) is 27.6 Å². The lowest BCUT2D eigenvalue weighted by Gasteiger charge is -2.23. The lowest BCUT2D eigenvalue weighted by atomic mass is 9.96. The predicted molar refractivity (Wildman–Crippen MR) is 117 cm³/mol. The Bertz CT molecular complexity index is 908. The van der Waals surface area contributed by atoms with E-state index in [0.29, 0.717) is 18.6 Å². The van der Waals surface area contributed by atoms with Crippen molar-refractivity contribution in [2.24, 2.45) is 0 Å². The molecule has 0 saturated heterocycles. The first-order chi connectivity index (χ1) is 14.3. The number of aromatic nitrogens is 3. The fraction of sp³-hybridized carbons (Fsp3) is 0.348. The molecular weight excluding hydrogens is 362 g/mol. The molecule has 0 atom stereocenters. The van der Waals surface area contributed by atoms with Crippen LogP contribution in [0, 0.1) is 0 Å². The standard InChI is InChI=1S/C23H27N5O/c1-2-29-19-13-11-18(12-14-19)25-22-16-21(20-10-6-7-15-24-20)27-23(28-22)26-17-8-4-3-5-9-17/h6-7,10-17H,2-5,8-9H2,1H3,(H2,25,26,27,28). The van der Waals surface area contributed by atoms with Gasteiger partial charge in [0.25, 0.3) is 0 Å². The maximum absolute atomic E-state index is 5.52. The molecule has 6 nitrogen and oxygen atoms in total. The second-order valence-corrected chi connectivity index (χ2v) is 7.24. The Kier molecular flexibility index (Phi) is 6.19. The molecule has 2 heterocycles. The topological polar surface area (TPSA) is 72.0 Å². The third-order valence-electron chi connectivity index (χ3n) is 5.03. The first-order valence-corrected chi connectivity index (χ1v) is 10.4. The number of pyridine rings is 1. The van der Waals surface area contributed by atoms with Crippen molar-refractivity contribution in [2.75, 3.05) is 17.2 Å². The van der Waals surface area contributed by atoms with Crippen LogP contribution in [0.1, 0.15) is 39.0 Å². The third-order valence-corrected chi connectivity index (χ3v) is 5.03. The Hall–Kier alpha value is -3.15. The first kappa shape index (κ1) is 19.2. The Balaban J connectivity index is 1.59. The summed E-state index contributed by atoms with van der Waals surface area (Å²) in [6.45, 7) is 2.63. The molecule has 3 aromatic rings. The molecule has 2 aromatic heterocycles. The van der Waals surface area contributed by atoms with Gasteiger partial charge in [-0.25, -0.2) is 4.98 Å². The van der Waals surface area contributed by atoms with E-state index in [9.17, 15) is 0 Å². The van der Waals surface area contributed by atoms with Crippen molar-refractivity contribution in [3.8, 4) is 17.1 Å². The zero-order valence-corrected chi connectivity index (χ0v) is 16.8. The van der Waals surface area contributed by atoms with Crippen molar-refractivity contribution < 1.29 is 4.74 Å². The van der Waals surface area contributed by atoms with Crippen molar-refractivity contribution in [2.45, 2.75) is 45.1 Å². The highest BCUT2D eigenvalue weighted by molar-refractivity contribution is 5.65. The molecule has 0 bridgehead atoms. The van der Waals surface area contributed by atoms with Gasteiger partial charge in [-0.05, 0) is 56.2 Å². The molecule has 0 radical (unpaired) electrons. The summed E-state index contributed by atoms with van der Waals surface area (Å²) < 4.78 is 5.52. The van der Waals surface area contributed by atoms with Gasteiger partial charge in [0.15, 0.2) is 0 Å². The van der Waals surface area contributed by atoms with Crippen LogP contribution in [0.15, 0.2) is 54.7 Å². The summed E-state index contributed by atoms with van der Waals surface area (Å²) in [5, 5.41) is 6.92. The minimum absolute atomic E-state index is 0.432. The number of hydrogen-bond acceptors (Lipinski definition) is 6. The third kappa shape index (κ3) is 5.22. The maximum atomic E-state index is 5.52. The van der Waals surface area contributed by atoms with Crippen LogP contribution in [-0.2, 0) is 0 Å².